The molecule has 0 unspecified atom stereocenters. The van der Waals surface area contributed by atoms with Gasteiger partial charge in [0.15, 0.2) is 5.82 Å². The van der Waals surface area contributed by atoms with E-state index in [1.165, 1.54) is 0 Å². The van der Waals surface area contributed by atoms with Crippen LogP contribution in [-0.4, -0.2) is 27.3 Å². The van der Waals surface area contributed by atoms with Crippen LogP contribution >= 0.6 is 0 Å². The minimum absolute atomic E-state index is 0.436. The summed E-state index contributed by atoms with van der Waals surface area (Å²) in [6.45, 7) is 6.28. The van der Waals surface area contributed by atoms with Gasteiger partial charge in [0.05, 0.1) is 12.2 Å². The molecule has 0 spiro atoms. The maximum atomic E-state index is 12.4. The first-order chi connectivity index (χ1) is 14.0. The summed E-state index contributed by atoms with van der Waals surface area (Å²) >= 11 is 0. The Morgan fingerprint density at radius 3 is 2.72 bits per heavy atom. The first kappa shape index (κ1) is 18.7. The number of nitrogens with two attached hydrogens (primary N) is 1. The normalized spacial score (nSPS) is 15.6. The number of rotatable bonds is 5. The number of hydrogen-bond donors (Lipinski definition) is 2. The van der Waals surface area contributed by atoms with E-state index in [1.54, 1.807) is 4.68 Å². The smallest absolute Gasteiger partial charge is 0.248 e. The number of para-hydroxylation sites is 1. The average molecular weight is 389 g/mol. The van der Waals surface area contributed by atoms with Crippen LogP contribution in [0.5, 0.6) is 5.75 Å². The van der Waals surface area contributed by atoms with Crippen molar-refractivity contribution in [2.75, 3.05) is 11.9 Å². The van der Waals surface area contributed by atoms with Crippen LogP contribution in [-0.2, 0) is 4.79 Å². The van der Waals surface area contributed by atoms with Gasteiger partial charge in [-0.25, -0.2) is 4.68 Å². The second-order valence-electron chi connectivity index (χ2n) is 6.97. The molecule has 3 N–H and O–H groups in total. The first-order valence-electron chi connectivity index (χ1n) is 9.52. The minimum atomic E-state index is -0.530. The van der Waals surface area contributed by atoms with E-state index < -0.39 is 11.9 Å². The van der Waals surface area contributed by atoms with Crippen molar-refractivity contribution in [2.45, 2.75) is 26.8 Å². The van der Waals surface area contributed by atoms with Gasteiger partial charge in [-0.2, -0.15) is 4.98 Å². The molecule has 1 amide bonds. The highest BCUT2D eigenvalue weighted by Gasteiger charge is 2.35. The van der Waals surface area contributed by atoms with E-state index in [1.807, 2.05) is 69.3 Å². The molecule has 0 aliphatic carbocycles. The fourth-order valence-electron chi connectivity index (χ4n) is 3.66. The van der Waals surface area contributed by atoms with Crippen molar-refractivity contribution < 1.29 is 9.53 Å². The zero-order chi connectivity index (χ0) is 20.5. The number of carbonyl (C=O) groups is 1. The predicted octanol–water partition coefficient (Wildman–Crippen LogP) is 3.43. The predicted molar refractivity (Wildman–Crippen MR) is 111 cm³/mol. The zero-order valence-corrected chi connectivity index (χ0v) is 16.6. The summed E-state index contributed by atoms with van der Waals surface area (Å²) in [5, 5.41) is 7.91. The number of fused-ring (bicyclic) bond motifs is 1. The van der Waals surface area contributed by atoms with Gasteiger partial charge in [-0.05, 0) is 32.9 Å². The van der Waals surface area contributed by atoms with E-state index in [2.05, 4.69) is 10.3 Å². The van der Waals surface area contributed by atoms with Crippen molar-refractivity contribution in [1.29, 1.82) is 0 Å². The molecule has 0 radical (unpaired) electrons. The molecule has 3 aromatic rings. The number of carbonyl (C=O) groups excluding carboxylic acids is 1. The van der Waals surface area contributed by atoms with Crippen molar-refractivity contribution in [3.05, 3.63) is 70.9 Å². The fraction of sp³-hybridized carbons (Fsp3) is 0.227. The summed E-state index contributed by atoms with van der Waals surface area (Å²) in [5.41, 5.74) is 9.69. The summed E-state index contributed by atoms with van der Waals surface area (Å²) < 4.78 is 7.53. The van der Waals surface area contributed by atoms with Crippen LogP contribution in [0.3, 0.4) is 0 Å². The standard InChI is InChI=1S/C22H23N5O2/c1-4-29-17-11-6-5-10-16(17)19-18(20(23)28)14(3)24-22-25-21(26-27(19)22)15-9-7-8-13(2)12-15/h5-12,19H,4H2,1-3H3,(H2,23,28)(H,24,25,26)/t19-/m0/s1. The molecule has 1 aromatic heterocycles. The lowest BCUT2D eigenvalue weighted by Crippen LogP contribution is -2.32. The van der Waals surface area contributed by atoms with E-state index in [4.69, 9.17) is 15.6 Å². The lowest BCUT2D eigenvalue weighted by atomic mass is 9.94. The van der Waals surface area contributed by atoms with Gasteiger partial charge in [0, 0.05) is 16.8 Å². The first-order valence-corrected chi connectivity index (χ1v) is 9.52. The monoisotopic (exact) mass is 389 g/mol. The van der Waals surface area contributed by atoms with E-state index >= 15 is 0 Å². The Hall–Kier alpha value is -3.61. The number of nitrogens with one attached hydrogen (secondary N) is 1. The highest BCUT2D eigenvalue weighted by atomic mass is 16.5. The molecule has 0 bridgehead atoms. The maximum absolute atomic E-state index is 12.4. The molecule has 29 heavy (non-hydrogen) atoms. The summed E-state index contributed by atoms with van der Waals surface area (Å²) in [4.78, 5) is 17.0. The average Bonchev–Trinajstić information content (AvgIpc) is 3.11. The number of aromatic nitrogens is 3. The third kappa shape index (κ3) is 3.35. The molecule has 1 aliphatic rings. The topological polar surface area (TPSA) is 95.1 Å². The molecule has 7 heteroatoms. The number of allylic oxidation sites excluding steroid dienone is 1. The number of anilines is 1. The number of hydrogen-bond acceptors (Lipinski definition) is 5. The molecule has 148 valence electrons. The Morgan fingerprint density at radius 2 is 2.00 bits per heavy atom. The number of ether oxygens (including phenoxy) is 1. The van der Waals surface area contributed by atoms with Gasteiger partial charge >= 0.3 is 0 Å². The molecule has 4 rings (SSSR count). The van der Waals surface area contributed by atoms with Crippen molar-refractivity contribution in [3.8, 4) is 17.1 Å². The molecule has 0 saturated heterocycles. The lowest BCUT2D eigenvalue weighted by molar-refractivity contribution is -0.115. The van der Waals surface area contributed by atoms with Crippen LogP contribution in [0, 0.1) is 6.92 Å². The molecule has 1 atom stereocenters. The van der Waals surface area contributed by atoms with Crippen LogP contribution in [0.1, 0.15) is 31.0 Å². The zero-order valence-electron chi connectivity index (χ0n) is 16.6. The van der Waals surface area contributed by atoms with Crippen LogP contribution in [0.25, 0.3) is 11.4 Å². The summed E-state index contributed by atoms with van der Waals surface area (Å²) in [5.74, 6) is 1.31. The second-order valence-corrected chi connectivity index (χ2v) is 6.97. The molecule has 2 heterocycles. The molecule has 1 aliphatic heterocycles. The lowest BCUT2D eigenvalue weighted by Gasteiger charge is -2.28. The van der Waals surface area contributed by atoms with Crippen molar-refractivity contribution in [1.82, 2.24) is 14.8 Å². The van der Waals surface area contributed by atoms with Gasteiger partial charge in [-0.15, -0.1) is 5.10 Å². The molecule has 0 fully saturated rings. The number of amides is 1. The van der Waals surface area contributed by atoms with Gasteiger partial charge < -0.3 is 15.8 Å². The van der Waals surface area contributed by atoms with Crippen molar-refractivity contribution in [3.63, 3.8) is 0 Å². The highest BCUT2D eigenvalue weighted by molar-refractivity contribution is 5.95. The largest absolute Gasteiger partial charge is 0.494 e. The third-order valence-corrected chi connectivity index (χ3v) is 4.91. The molecule has 0 saturated carbocycles. The van der Waals surface area contributed by atoms with E-state index in [0.29, 0.717) is 35.4 Å². The highest BCUT2D eigenvalue weighted by Crippen LogP contribution is 2.39. The molecule has 7 nitrogen and oxygen atoms in total. The summed E-state index contributed by atoms with van der Waals surface area (Å²) in [6.07, 6.45) is 0. The minimum Gasteiger partial charge on any atom is -0.494 e. The van der Waals surface area contributed by atoms with Gasteiger partial charge in [0.2, 0.25) is 11.9 Å². The van der Waals surface area contributed by atoms with Gasteiger partial charge in [0.25, 0.3) is 0 Å². The molecular formula is C22H23N5O2. The number of primary amides is 1. The van der Waals surface area contributed by atoms with Crippen LogP contribution in [0.2, 0.25) is 0 Å². The second kappa shape index (κ2) is 7.43. The molecule has 2 aromatic carbocycles. The SMILES string of the molecule is CCOc1ccccc1[C@H]1C(C(N)=O)=C(C)Nc2nc(-c3cccc(C)c3)nn21. The van der Waals surface area contributed by atoms with Crippen LogP contribution in [0.4, 0.5) is 5.95 Å². The van der Waals surface area contributed by atoms with Crippen LogP contribution < -0.4 is 15.8 Å². The number of aryl methyl sites for hydroxylation is 1. The number of benzene rings is 2. The van der Waals surface area contributed by atoms with E-state index in [0.717, 1.165) is 16.7 Å². The van der Waals surface area contributed by atoms with Gasteiger partial charge in [-0.1, -0.05) is 42.0 Å². The maximum Gasteiger partial charge on any atom is 0.248 e. The summed E-state index contributed by atoms with van der Waals surface area (Å²) in [6, 6.07) is 15.1. The Bertz CT molecular complexity index is 1120. The Morgan fingerprint density at radius 1 is 1.21 bits per heavy atom. The molecular weight excluding hydrogens is 366 g/mol. The Labute approximate surface area is 169 Å². The Kier molecular flexibility index (Phi) is 4.80. The van der Waals surface area contributed by atoms with E-state index in [9.17, 15) is 4.79 Å². The van der Waals surface area contributed by atoms with Crippen molar-refractivity contribution >= 4 is 11.9 Å². The van der Waals surface area contributed by atoms with Gasteiger partial charge in [-0.3, -0.25) is 4.79 Å². The number of nitrogens with zero attached hydrogens (tertiary/aromatic N) is 3. The summed E-state index contributed by atoms with van der Waals surface area (Å²) in [7, 11) is 0. The van der Waals surface area contributed by atoms with E-state index in [-0.39, 0.29) is 0 Å². The third-order valence-electron chi connectivity index (χ3n) is 4.91. The Balaban J connectivity index is 1.91. The van der Waals surface area contributed by atoms with Gasteiger partial charge in [0.1, 0.15) is 11.8 Å². The van der Waals surface area contributed by atoms with Crippen LogP contribution in [0.15, 0.2) is 59.8 Å². The quantitative estimate of drug-likeness (QED) is 0.697. The fourth-order valence-corrected chi connectivity index (χ4v) is 3.66. The van der Waals surface area contributed by atoms with Crippen molar-refractivity contribution in [2.24, 2.45) is 5.73 Å².